The lowest BCUT2D eigenvalue weighted by molar-refractivity contribution is -0.134. The molecule has 0 unspecified atom stereocenters. The minimum absolute atomic E-state index is 0.327. The molecule has 0 spiro atoms. The maximum absolute atomic E-state index is 12.8. The van der Waals surface area contributed by atoms with E-state index in [1.54, 1.807) is 6.33 Å². The van der Waals surface area contributed by atoms with E-state index in [2.05, 4.69) is 36.7 Å². The number of amides is 1. The first-order chi connectivity index (χ1) is 15.7. The maximum atomic E-state index is 12.8. The van der Waals surface area contributed by atoms with Gasteiger partial charge in [0.2, 0.25) is 5.91 Å². The number of piperidine rings is 1. The number of hydrogen-bond donors (Lipinski definition) is 0. The van der Waals surface area contributed by atoms with E-state index >= 15 is 0 Å². The van der Waals surface area contributed by atoms with Gasteiger partial charge in [-0.3, -0.25) is 4.79 Å². The van der Waals surface area contributed by atoms with Crippen LogP contribution in [0.4, 0.5) is 5.82 Å². The van der Waals surface area contributed by atoms with Crippen LogP contribution in [0.25, 0.3) is 16.7 Å². The first-order valence-electron chi connectivity index (χ1n) is 11.7. The Bertz CT molecular complexity index is 1050. The van der Waals surface area contributed by atoms with Crippen LogP contribution in [0.15, 0.2) is 42.9 Å². The molecule has 1 aromatic carbocycles. The van der Waals surface area contributed by atoms with E-state index in [-0.39, 0.29) is 0 Å². The molecule has 4 heterocycles. The first kappa shape index (κ1) is 20.9. The number of benzene rings is 1. The van der Waals surface area contributed by atoms with E-state index in [0.29, 0.717) is 18.2 Å². The molecule has 8 nitrogen and oxygen atoms in total. The zero-order valence-electron chi connectivity index (χ0n) is 18.7. The highest BCUT2D eigenvalue weighted by molar-refractivity contribution is 5.87. The Hall–Kier alpha value is -3.00. The van der Waals surface area contributed by atoms with Gasteiger partial charge in [0.05, 0.1) is 17.3 Å². The minimum atomic E-state index is 0.327. The summed E-state index contributed by atoms with van der Waals surface area (Å²) in [6.45, 7) is 8.81. The molecule has 0 aliphatic carbocycles. The zero-order valence-corrected chi connectivity index (χ0v) is 18.7. The maximum Gasteiger partial charge on any atom is 0.222 e. The lowest BCUT2D eigenvalue weighted by Gasteiger charge is -2.36. The molecule has 0 atom stereocenters. The van der Waals surface area contributed by atoms with Crippen molar-refractivity contribution in [1.29, 1.82) is 0 Å². The molecule has 1 amide bonds. The van der Waals surface area contributed by atoms with E-state index in [9.17, 15) is 4.79 Å². The van der Waals surface area contributed by atoms with Crippen LogP contribution in [0.1, 0.15) is 26.2 Å². The summed E-state index contributed by atoms with van der Waals surface area (Å²) in [6, 6.07) is 10.1. The summed E-state index contributed by atoms with van der Waals surface area (Å²) >= 11 is 0. The van der Waals surface area contributed by atoms with Gasteiger partial charge in [0.25, 0.3) is 0 Å². The lowest BCUT2D eigenvalue weighted by Crippen LogP contribution is -2.49. The van der Waals surface area contributed by atoms with Gasteiger partial charge >= 0.3 is 0 Å². The van der Waals surface area contributed by atoms with Crippen LogP contribution >= 0.6 is 0 Å². The molecule has 2 saturated heterocycles. The Morgan fingerprint density at radius 1 is 1.00 bits per heavy atom. The highest BCUT2D eigenvalue weighted by Gasteiger charge is 2.27. The van der Waals surface area contributed by atoms with Crippen LogP contribution in [-0.4, -0.2) is 81.3 Å². The van der Waals surface area contributed by atoms with Crippen molar-refractivity contribution in [3.05, 3.63) is 42.9 Å². The highest BCUT2D eigenvalue weighted by Crippen LogP contribution is 2.29. The number of aromatic nitrogens is 4. The highest BCUT2D eigenvalue weighted by atomic mass is 16.2. The quantitative estimate of drug-likeness (QED) is 0.616. The van der Waals surface area contributed by atoms with Gasteiger partial charge in [0.15, 0.2) is 5.65 Å². The molecule has 0 saturated carbocycles. The van der Waals surface area contributed by atoms with Gasteiger partial charge in [-0.2, -0.15) is 5.10 Å². The van der Waals surface area contributed by atoms with Gasteiger partial charge < -0.3 is 14.7 Å². The van der Waals surface area contributed by atoms with Crippen LogP contribution in [0.2, 0.25) is 0 Å². The first-order valence-corrected chi connectivity index (χ1v) is 11.7. The molecule has 3 aromatic rings. The molecule has 2 aliphatic heterocycles. The zero-order chi connectivity index (χ0) is 21.9. The van der Waals surface area contributed by atoms with Crippen molar-refractivity contribution in [2.75, 3.05) is 50.7 Å². The van der Waals surface area contributed by atoms with Crippen LogP contribution in [0.5, 0.6) is 0 Å². The summed E-state index contributed by atoms with van der Waals surface area (Å²) < 4.78 is 1.87. The summed E-state index contributed by atoms with van der Waals surface area (Å²) in [5.74, 6) is 1.72. The van der Waals surface area contributed by atoms with Crippen LogP contribution < -0.4 is 4.90 Å². The number of carbonyl (C=O) groups excluding carboxylic acids is 1. The number of hydrogen-bond acceptors (Lipinski definition) is 6. The number of likely N-dealkylation sites (N-methyl/N-ethyl adjacent to an activating group) is 1. The van der Waals surface area contributed by atoms with Crippen molar-refractivity contribution in [2.24, 2.45) is 5.92 Å². The van der Waals surface area contributed by atoms with Gasteiger partial charge in [-0.25, -0.2) is 14.6 Å². The third-order valence-corrected chi connectivity index (χ3v) is 6.90. The largest absolute Gasteiger partial charge is 0.356 e. The second-order valence-corrected chi connectivity index (χ2v) is 8.78. The van der Waals surface area contributed by atoms with Gasteiger partial charge in [-0.05, 0) is 37.4 Å². The molecule has 168 valence electrons. The van der Waals surface area contributed by atoms with Crippen molar-refractivity contribution in [1.82, 2.24) is 29.5 Å². The standard InChI is InChI=1S/C24H31N7O/c1-2-28-12-14-29(15-13-28)22(32)16-19-8-10-30(11-9-19)23-21-17-27-31(24(21)26-18-25-23)20-6-4-3-5-7-20/h3-7,17-19H,2,8-16H2,1H3. The van der Waals surface area contributed by atoms with E-state index < -0.39 is 0 Å². The van der Waals surface area contributed by atoms with Crippen molar-refractivity contribution in [2.45, 2.75) is 26.2 Å². The summed E-state index contributed by atoms with van der Waals surface area (Å²) in [7, 11) is 0. The van der Waals surface area contributed by atoms with Gasteiger partial charge in [-0.1, -0.05) is 25.1 Å². The van der Waals surface area contributed by atoms with Crippen LogP contribution in [0.3, 0.4) is 0 Å². The summed E-state index contributed by atoms with van der Waals surface area (Å²) in [6.07, 6.45) is 6.19. The van der Waals surface area contributed by atoms with Gasteiger partial charge in [0.1, 0.15) is 12.1 Å². The molecule has 2 aromatic heterocycles. The van der Waals surface area contributed by atoms with Gasteiger partial charge in [-0.15, -0.1) is 0 Å². The number of nitrogens with zero attached hydrogens (tertiary/aromatic N) is 7. The van der Waals surface area contributed by atoms with Crippen molar-refractivity contribution in [3.63, 3.8) is 0 Å². The summed E-state index contributed by atoms with van der Waals surface area (Å²) in [4.78, 5) is 28.7. The Labute approximate surface area is 188 Å². The van der Waals surface area contributed by atoms with Crippen molar-refractivity contribution < 1.29 is 4.79 Å². The third kappa shape index (κ3) is 4.19. The van der Waals surface area contributed by atoms with Crippen LogP contribution in [-0.2, 0) is 4.79 Å². The smallest absolute Gasteiger partial charge is 0.222 e. The number of carbonyl (C=O) groups is 1. The van der Waals surface area contributed by atoms with E-state index in [0.717, 1.165) is 81.2 Å². The topological polar surface area (TPSA) is 70.4 Å². The number of piperazine rings is 1. The Kier molecular flexibility index (Phi) is 6.03. The van der Waals surface area contributed by atoms with Gasteiger partial charge in [0, 0.05) is 45.7 Å². The second kappa shape index (κ2) is 9.24. The van der Waals surface area contributed by atoms with E-state index in [1.807, 2.05) is 41.2 Å². The molecule has 0 N–H and O–H groups in total. The number of fused-ring (bicyclic) bond motifs is 1. The number of rotatable bonds is 5. The molecule has 32 heavy (non-hydrogen) atoms. The average molecular weight is 434 g/mol. The third-order valence-electron chi connectivity index (χ3n) is 6.90. The molecule has 0 radical (unpaired) electrons. The molecule has 0 bridgehead atoms. The lowest BCUT2D eigenvalue weighted by atomic mass is 9.92. The fourth-order valence-corrected chi connectivity index (χ4v) is 4.88. The fraction of sp³-hybridized carbons (Fsp3) is 0.500. The summed E-state index contributed by atoms with van der Waals surface area (Å²) in [5, 5.41) is 5.54. The van der Waals surface area contributed by atoms with Crippen molar-refractivity contribution in [3.8, 4) is 5.69 Å². The Balaban J connectivity index is 1.22. The normalized spacial score (nSPS) is 18.4. The molecular formula is C24H31N7O. The molecule has 8 heteroatoms. The monoisotopic (exact) mass is 433 g/mol. The minimum Gasteiger partial charge on any atom is -0.356 e. The molecule has 2 aliphatic rings. The second-order valence-electron chi connectivity index (χ2n) is 8.78. The molecule has 2 fully saturated rings. The fourth-order valence-electron chi connectivity index (χ4n) is 4.88. The Morgan fingerprint density at radius 3 is 2.47 bits per heavy atom. The van der Waals surface area contributed by atoms with Crippen molar-refractivity contribution >= 4 is 22.8 Å². The van der Waals surface area contributed by atoms with E-state index in [4.69, 9.17) is 0 Å². The molecule has 5 rings (SSSR count). The number of para-hydroxylation sites is 1. The number of anilines is 1. The SMILES string of the molecule is CCN1CCN(C(=O)CC2CCN(c3ncnc4c3cnn4-c3ccccc3)CC2)CC1. The predicted molar refractivity (Wildman–Crippen MR) is 125 cm³/mol. The van der Waals surface area contributed by atoms with Crippen LogP contribution in [0, 0.1) is 5.92 Å². The molecular weight excluding hydrogens is 402 g/mol. The Morgan fingerprint density at radius 2 is 1.75 bits per heavy atom. The van der Waals surface area contributed by atoms with E-state index in [1.165, 1.54) is 0 Å². The average Bonchev–Trinajstić information content (AvgIpc) is 3.29. The predicted octanol–water partition coefficient (Wildman–Crippen LogP) is 2.59. The summed E-state index contributed by atoms with van der Waals surface area (Å²) in [5.41, 5.74) is 1.81.